The van der Waals surface area contributed by atoms with Crippen molar-refractivity contribution in [3.05, 3.63) is 66.0 Å². The number of aliphatic hydroxyl groups is 1. The summed E-state index contributed by atoms with van der Waals surface area (Å²) in [5.41, 5.74) is 1.93. The lowest BCUT2D eigenvalue weighted by molar-refractivity contribution is -0.0808. The fraction of sp³-hybridized carbons (Fsp3) is 0.450. The van der Waals surface area contributed by atoms with Gasteiger partial charge in [0.05, 0.1) is 5.60 Å². The fourth-order valence-corrected chi connectivity index (χ4v) is 3.22. The van der Waals surface area contributed by atoms with Crippen LogP contribution in [0.2, 0.25) is 0 Å². The van der Waals surface area contributed by atoms with Gasteiger partial charge in [0.25, 0.3) is 0 Å². The third-order valence-electron chi connectivity index (χ3n) is 4.66. The molecule has 4 nitrogen and oxygen atoms in total. The highest BCUT2D eigenvalue weighted by atomic mass is 16.5. The second-order valence-corrected chi connectivity index (χ2v) is 6.64. The van der Waals surface area contributed by atoms with Gasteiger partial charge in [-0.2, -0.15) is 0 Å². The molecule has 24 heavy (non-hydrogen) atoms. The second-order valence-electron chi connectivity index (χ2n) is 6.64. The van der Waals surface area contributed by atoms with Crippen molar-refractivity contribution >= 4 is 0 Å². The van der Waals surface area contributed by atoms with Gasteiger partial charge < -0.3 is 9.84 Å². The Balaban J connectivity index is 1.65. The van der Waals surface area contributed by atoms with Crippen LogP contribution in [-0.2, 0) is 17.7 Å². The molecule has 0 spiro atoms. The van der Waals surface area contributed by atoms with E-state index in [9.17, 15) is 5.11 Å². The zero-order chi connectivity index (χ0) is 16.7. The predicted octanol–water partition coefficient (Wildman–Crippen LogP) is 2.67. The molecule has 2 heterocycles. The van der Waals surface area contributed by atoms with E-state index < -0.39 is 5.60 Å². The van der Waals surface area contributed by atoms with Crippen LogP contribution in [0.1, 0.15) is 24.0 Å². The lowest BCUT2D eigenvalue weighted by Crippen LogP contribution is -2.47. The minimum Gasteiger partial charge on any atom is -0.388 e. The summed E-state index contributed by atoms with van der Waals surface area (Å²) in [5, 5.41) is 10.9. The highest BCUT2D eigenvalue weighted by Crippen LogP contribution is 2.23. The van der Waals surface area contributed by atoms with E-state index >= 15 is 0 Å². The van der Waals surface area contributed by atoms with Gasteiger partial charge in [0.2, 0.25) is 0 Å². The van der Waals surface area contributed by atoms with Gasteiger partial charge in [-0.15, -0.1) is 0 Å². The molecule has 1 N–H and O–H groups in total. The van der Waals surface area contributed by atoms with Gasteiger partial charge in [-0.3, -0.25) is 9.88 Å². The van der Waals surface area contributed by atoms with Crippen molar-refractivity contribution in [1.29, 1.82) is 0 Å². The summed E-state index contributed by atoms with van der Waals surface area (Å²) in [4.78, 5) is 6.44. The maximum absolute atomic E-state index is 10.9. The SMILES string of the molecule is OC1(CN(CCc2ccncc2)Cc2ccccc2)CCOCC1. The van der Waals surface area contributed by atoms with Crippen molar-refractivity contribution in [2.24, 2.45) is 0 Å². The number of benzene rings is 1. The summed E-state index contributed by atoms with van der Waals surface area (Å²) in [7, 11) is 0. The molecule has 0 radical (unpaired) electrons. The van der Waals surface area contributed by atoms with Crippen molar-refractivity contribution in [2.45, 2.75) is 31.4 Å². The Hall–Kier alpha value is -1.75. The molecule has 1 fully saturated rings. The first-order valence-electron chi connectivity index (χ1n) is 8.69. The molecule has 1 aromatic heterocycles. The van der Waals surface area contributed by atoms with Crippen molar-refractivity contribution in [3.63, 3.8) is 0 Å². The number of hydrogen-bond acceptors (Lipinski definition) is 4. The maximum atomic E-state index is 10.9. The Morgan fingerprint density at radius 3 is 2.42 bits per heavy atom. The number of hydrogen-bond donors (Lipinski definition) is 1. The van der Waals surface area contributed by atoms with Gasteiger partial charge >= 0.3 is 0 Å². The smallest absolute Gasteiger partial charge is 0.0818 e. The third kappa shape index (κ3) is 5.13. The molecule has 1 saturated heterocycles. The average Bonchev–Trinajstić information content (AvgIpc) is 2.62. The van der Waals surface area contributed by atoms with Crippen LogP contribution in [0, 0.1) is 0 Å². The molecular weight excluding hydrogens is 300 g/mol. The topological polar surface area (TPSA) is 45.6 Å². The van der Waals surface area contributed by atoms with Crippen LogP contribution in [0.15, 0.2) is 54.9 Å². The molecule has 1 aromatic carbocycles. The molecule has 0 atom stereocenters. The Morgan fingerprint density at radius 2 is 1.71 bits per heavy atom. The van der Waals surface area contributed by atoms with E-state index in [0.29, 0.717) is 32.6 Å². The Kier molecular flexibility index (Phi) is 5.96. The van der Waals surface area contributed by atoms with Crippen LogP contribution >= 0.6 is 0 Å². The van der Waals surface area contributed by atoms with Crippen molar-refractivity contribution < 1.29 is 9.84 Å². The van der Waals surface area contributed by atoms with Crippen molar-refractivity contribution in [1.82, 2.24) is 9.88 Å². The van der Waals surface area contributed by atoms with Gasteiger partial charge in [0.15, 0.2) is 0 Å². The molecule has 1 aliphatic heterocycles. The second kappa shape index (κ2) is 8.38. The Labute approximate surface area is 144 Å². The summed E-state index contributed by atoms with van der Waals surface area (Å²) >= 11 is 0. The number of ether oxygens (including phenoxy) is 1. The molecule has 3 rings (SSSR count). The van der Waals surface area contributed by atoms with Crippen molar-refractivity contribution in [2.75, 3.05) is 26.3 Å². The minimum absolute atomic E-state index is 0.634. The summed E-state index contributed by atoms with van der Waals surface area (Å²) in [6, 6.07) is 14.6. The molecule has 1 aliphatic rings. The van der Waals surface area contributed by atoms with Gasteiger partial charge in [-0.25, -0.2) is 0 Å². The summed E-state index contributed by atoms with van der Waals surface area (Å²) in [6.45, 7) is 3.77. The highest BCUT2D eigenvalue weighted by Gasteiger charge is 2.31. The zero-order valence-electron chi connectivity index (χ0n) is 14.1. The first kappa shape index (κ1) is 17.1. The lowest BCUT2D eigenvalue weighted by Gasteiger charge is -2.37. The minimum atomic E-state index is -0.634. The lowest BCUT2D eigenvalue weighted by atomic mass is 9.93. The van der Waals surface area contributed by atoms with E-state index in [0.717, 1.165) is 19.5 Å². The predicted molar refractivity (Wildman–Crippen MR) is 94.7 cm³/mol. The summed E-state index contributed by atoms with van der Waals surface area (Å²) in [6.07, 6.45) is 6.06. The maximum Gasteiger partial charge on any atom is 0.0818 e. The monoisotopic (exact) mass is 326 g/mol. The van der Waals surface area contributed by atoms with E-state index in [2.05, 4.69) is 46.3 Å². The molecule has 128 valence electrons. The van der Waals surface area contributed by atoms with Crippen LogP contribution in [0.3, 0.4) is 0 Å². The molecule has 0 aliphatic carbocycles. The summed E-state index contributed by atoms with van der Waals surface area (Å²) < 4.78 is 5.41. The molecule has 2 aromatic rings. The Bertz CT molecular complexity index is 598. The zero-order valence-corrected chi connectivity index (χ0v) is 14.1. The highest BCUT2D eigenvalue weighted by molar-refractivity contribution is 5.15. The van der Waals surface area contributed by atoms with Crippen LogP contribution in [0.25, 0.3) is 0 Å². The van der Waals surface area contributed by atoms with E-state index in [4.69, 9.17) is 4.74 Å². The van der Waals surface area contributed by atoms with E-state index in [1.807, 2.05) is 18.5 Å². The summed E-state index contributed by atoms with van der Waals surface area (Å²) in [5.74, 6) is 0. The van der Waals surface area contributed by atoms with Crippen LogP contribution in [0.4, 0.5) is 0 Å². The first-order chi connectivity index (χ1) is 11.7. The molecule has 0 amide bonds. The number of pyridine rings is 1. The molecule has 4 heteroatoms. The van der Waals surface area contributed by atoms with E-state index in [1.165, 1.54) is 11.1 Å². The van der Waals surface area contributed by atoms with E-state index in [1.54, 1.807) is 0 Å². The number of rotatable bonds is 7. The van der Waals surface area contributed by atoms with Gasteiger partial charge in [0.1, 0.15) is 0 Å². The normalized spacial score (nSPS) is 17.1. The standard InChI is InChI=1S/C20H26N2O2/c23-20(9-14-24-15-10-20)17-22(16-19-4-2-1-3-5-19)13-8-18-6-11-21-12-7-18/h1-7,11-12,23H,8-10,13-17H2. The quantitative estimate of drug-likeness (QED) is 0.850. The molecule has 0 saturated carbocycles. The van der Waals surface area contributed by atoms with Crippen LogP contribution in [-0.4, -0.2) is 46.9 Å². The van der Waals surface area contributed by atoms with Gasteiger partial charge in [0, 0.05) is 58.1 Å². The number of aromatic nitrogens is 1. The van der Waals surface area contributed by atoms with Crippen LogP contribution in [0.5, 0.6) is 0 Å². The fourth-order valence-electron chi connectivity index (χ4n) is 3.22. The van der Waals surface area contributed by atoms with Crippen molar-refractivity contribution in [3.8, 4) is 0 Å². The number of nitrogens with zero attached hydrogens (tertiary/aromatic N) is 2. The van der Waals surface area contributed by atoms with E-state index in [-0.39, 0.29) is 0 Å². The van der Waals surface area contributed by atoms with Gasteiger partial charge in [-0.05, 0) is 29.7 Å². The average molecular weight is 326 g/mol. The first-order valence-corrected chi connectivity index (χ1v) is 8.69. The molecular formula is C20H26N2O2. The third-order valence-corrected chi connectivity index (χ3v) is 4.66. The molecule has 0 unspecified atom stereocenters. The largest absolute Gasteiger partial charge is 0.388 e. The Morgan fingerprint density at radius 1 is 1.00 bits per heavy atom. The van der Waals surface area contributed by atoms with Gasteiger partial charge in [-0.1, -0.05) is 30.3 Å². The van der Waals surface area contributed by atoms with Crippen LogP contribution < -0.4 is 0 Å². The molecule has 0 bridgehead atoms.